The van der Waals surface area contributed by atoms with Crippen molar-refractivity contribution >= 4 is 39.1 Å². The van der Waals surface area contributed by atoms with Crippen molar-refractivity contribution in [2.45, 2.75) is 37.8 Å². The third-order valence-corrected chi connectivity index (χ3v) is 9.34. The standard InChI is InChI=1S/C35H37ClFN3O5S/c1-25(2)22-38-35(42)32(20-26-10-6-4-7-11-26)39(23-27-14-16-28(37)17-15-27)34(41)24-40(29-18-19-33(45-3)31(36)21-29)46(43,44)30-12-8-5-9-13-30/h4-19,21,25,32H,20,22-24H2,1-3H3,(H,38,42). The molecule has 0 saturated heterocycles. The number of nitrogens with zero attached hydrogens (tertiary/aromatic N) is 2. The van der Waals surface area contributed by atoms with Crippen LogP contribution >= 0.6 is 11.6 Å². The molecule has 0 radical (unpaired) electrons. The highest BCUT2D eigenvalue weighted by atomic mass is 35.5. The predicted octanol–water partition coefficient (Wildman–Crippen LogP) is 6.10. The maximum Gasteiger partial charge on any atom is 0.264 e. The van der Waals surface area contributed by atoms with E-state index < -0.39 is 40.2 Å². The summed E-state index contributed by atoms with van der Waals surface area (Å²) < 4.78 is 48.2. The van der Waals surface area contributed by atoms with Gasteiger partial charge in [-0.25, -0.2) is 12.8 Å². The Hall–Kier alpha value is -4.41. The Kier molecular flexibility index (Phi) is 11.8. The summed E-state index contributed by atoms with van der Waals surface area (Å²) in [7, 11) is -2.85. The van der Waals surface area contributed by atoms with Gasteiger partial charge in [0.2, 0.25) is 11.8 Å². The Morgan fingerprint density at radius 3 is 2.11 bits per heavy atom. The van der Waals surface area contributed by atoms with Crippen LogP contribution in [0, 0.1) is 11.7 Å². The van der Waals surface area contributed by atoms with Crippen LogP contribution in [-0.2, 0) is 32.6 Å². The van der Waals surface area contributed by atoms with E-state index in [9.17, 15) is 22.4 Å². The van der Waals surface area contributed by atoms with Gasteiger partial charge in [0.1, 0.15) is 24.2 Å². The van der Waals surface area contributed by atoms with Gasteiger partial charge in [-0.3, -0.25) is 13.9 Å². The van der Waals surface area contributed by atoms with E-state index in [1.54, 1.807) is 18.2 Å². The lowest BCUT2D eigenvalue weighted by Crippen LogP contribution is -2.53. The third kappa shape index (κ3) is 8.86. The zero-order valence-corrected chi connectivity index (χ0v) is 27.5. The first-order valence-corrected chi connectivity index (χ1v) is 16.6. The molecule has 1 atom stereocenters. The molecule has 0 heterocycles. The summed E-state index contributed by atoms with van der Waals surface area (Å²) in [6, 6.07) is 26.0. The van der Waals surface area contributed by atoms with E-state index in [2.05, 4.69) is 5.32 Å². The molecule has 0 fully saturated rings. The van der Waals surface area contributed by atoms with Crippen molar-refractivity contribution < 1.29 is 27.1 Å². The van der Waals surface area contributed by atoms with Gasteiger partial charge in [0.05, 0.1) is 22.7 Å². The van der Waals surface area contributed by atoms with E-state index >= 15 is 0 Å². The molecule has 2 amide bonds. The molecule has 0 aromatic heterocycles. The molecule has 4 aromatic rings. The molecule has 1 N–H and O–H groups in total. The number of amides is 2. The van der Waals surface area contributed by atoms with Crippen LogP contribution < -0.4 is 14.4 Å². The molecule has 0 spiro atoms. The average molecular weight is 666 g/mol. The first kappa shape index (κ1) is 34.5. The Balaban J connectivity index is 1.81. The number of ether oxygens (including phenoxy) is 1. The Morgan fingerprint density at radius 1 is 0.891 bits per heavy atom. The van der Waals surface area contributed by atoms with Crippen molar-refractivity contribution in [3.8, 4) is 5.75 Å². The van der Waals surface area contributed by atoms with Gasteiger partial charge >= 0.3 is 0 Å². The number of sulfonamides is 1. The number of nitrogens with one attached hydrogen (secondary N) is 1. The topological polar surface area (TPSA) is 96.0 Å². The number of rotatable bonds is 14. The maximum absolute atomic E-state index is 14.5. The minimum Gasteiger partial charge on any atom is -0.495 e. The summed E-state index contributed by atoms with van der Waals surface area (Å²) in [6.07, 6.45) is 0.164. The Labute approximate surface area is 274 Å². The zero-order valence-electron chi connectivity index (χ0n) is 25.9. The second-order valence-corrected chi connectivity index (χ2v) is 13.4. The normalized spacial score (nSPS) is 12.0. The molecule has 242 valence electrons. The van der Waals surface area contributed by atoms with Gasteiger partial charge in [0.15, 0.2) is 0 Å². The van der Waals surface area contributed by atoms with Crippen LogP contribution in [0.25, 0.3) is 0 Å². The average Bonchev–Trinajstić information content (AvgIpc) is 3.05. The van der Waals surface area contributed by atoms with Crippen LogP contribution in [0.2, 0.25) is 5.02 Å². The van der Waals surface area contributed by atoms with Crippen LogP contribution in [0.4, 0.5) is 10.1 Å². The van der Waals surface area contributed by atoms with Crippen molar-refractivity contribution in [3.05, 3.63) is 125 Å². The second-order valence-electron chi connectivity index (χ2n) is 11.1. The van der Waals surface area contributed by atoms with Crippen LogP contribution in [-0.4, -0.2) is 51.4 Å². The summed E-state index contributed by atoms with van der Waals surface area (Å²) in [5.74, 6) is -1.01. The third-order valence-electron chi connectivity index (χ3n) is 7.26. The molecule has 4 aromatic carbocycles. The van der Waals surface area contributed by atoms with Crippen LogP contribution in [0.3, 0.4) is 0 Å². The van der Waals surface area contributed by atoms with Gasteiger partial charge in [0, 0.05) is 19.5 Å². The largest absolute Gasteiger partial charge is 0.495 e. The fourth-order valence-electron chi connectivity index (χ4n) is 4.82. The van der Waals surface area contributed by atoms with E-state index in [0.29, 0.717) is 17.9 Å². The molecule has 46 heavy (non-hydrogen) atoms. The van der Waals surface area contributed by atoms with E-state index in [0.717, 1.165) is 9.87 Å². The minimum atomic E-state index is -4.29. The highest BCUT2D eigenvalue weighted by Crippen LogP contribution is 2.32. The molecule has 0 aliphatic rings. The molecule has 8 nitrogen and oxygen atoms in total. The molecule has 0 aliphatic heterocycles. The number of halogens is 2. The first-order chi connectivity index (χ1) is 22.0. The molecular weight excluding hydrogens is 629 g/mol. The summed E-state index contributed by atoms with van der Waals surface area (Å²) >= 11 is 6.41. The van der Waals surface area contributed by atoms with Gasteiger partial charge in [-0.05, 0) is 59.5 Å². The van der Waals surface area contributed by atoms with Crippen LogP contribution in [0.15, 0.2) is 108 Å². The van der Waals surface area contributed by atoms with Gasteiger partial charge in [-0.1, -0.05) is 86.1 Å². The molecule has 4 rings (SSSR count). The number of benzene rings is 4. The van der Waals surface area contributed by atoms with Crippen molar-refractivity contribution in [2.75, 3.05) is 24.5 Å². The predicted molar refractivity (Wildman–Crippen MR) is 178 cm³/mol. The highest BCUT2D eigenvalue weighted by molar-refractivity contribution is 7.92. The molecule has 11 heteroatoms. The van der Waals surface area contributed by atoms with E-state index in [1.807, 2.05) is 44.2 Å². The van der Waals surface area contributed by atoms with Gasteiger partial charge in [0.25, 0.3) is 10.0 Å². The van der Waals surface area contributed by atoms with Crippen molar-refractivity contribution in [1.82, 2.24) is 10.2 Å². The van der Waals surface area contributed by atoms with Crippen molar-refractivity contribution in [2.24, 2.45) is 5.92 Å². The second kappa shape index (κ2) is 15.7. The van der Waals surface area contributed by atoms with E-state index in [-0.39, 0.29) is 34.5 Å². The fourth-order valence-corrected chi connectivity index (χ4v) is 6.50. The number of carbonyl (C=O) groups is 2. The van der Waals surface area contributed by atoms with Gasteiger partial charge in [-0.2, -0.15) is 0 Å². The highest BCUT2D eigenvalue weighted by Gasteiger charge is 2.35. The Morgan fingerprint density at radius 2 is 1.52 bits per heavy atom. The number of methoxy groups -OCH3 is 1. The summed E-state index contributed by atoms with van der Waals surface area (Å²) in [5, 5.41) is 3.09. The number of hydrogen-bond acceptors (Lipinski definition) is 5. The molecule has 0 bridgehead atoms. The maximum atomic E-state index is 14.5. The summed E-state index contributed by atoms with van der Waals surface area (Å²) in [6.45, 7) is 3.57. The number of carbonyl (C=O) groups excluding carboxylic acids is 2. The van der Waals surface area contributed by atoms with Crippen molar-refractivity contribution in [3.63, 3.8) is 0 Å². The zero-order chi connectivity index (χ0) is 33.3. The van der Waals surface area contributed by atoms with Crippen molar-refractivity contribution in [1.29, 1.82) is 0 Å². The molecular formula is C35H37ClFN3O5S. The summed E-state index contributed by atoms with van der Waals surface area (Å²) in [4.78, 5) is 29.6. The fraction of sp³-hybridized carbons (Fsp3) is 0.257. The number of hydrogen-bond donors (Lipinski definition) is 1. The van der Waals surface area contributed by atoms with E-state index in [1.165, 1.54) is 66.6 Å². The number of anilines is 1. The lowest BCUT2D eigenvalue weighted by atomic mass is 10.0. The first-order valence-electron chi connectivity index (χ1n) is 14.8. The lowest BCUT2D eigenvalue weighted by Gasteiger charge is -2.34. The Bertz CT molecular complexity index is 1720. The van der Waals surface area contributed by atoms with Gasteiger partial charge in [-0.15, -0.1) is 0 Å². The monoisotopic (exact) mass is 665 g/mol. The minimum absolute atomic E-state index is 0.0321. The summed E-state index contributed by atoms with van der Waals surface area (Å²) in [5.41, 5.74) is 1.50. The van der Waals surface area contributed by atoms with E-state index in [4.69, 9.17) is 16.3 Å². The molecule has 1 unspecified atom stereocenters. The SMILES string of the molecule is COc1ccc(N(CC(=O)N(Cc2ccc(F)cc2)C(Cc2ccccc2)C(=O)NCC(C)C)S(=O)(=O)c2ccccc2)cc1Cl. The molecule has 0 saturated carbocycles. The quantitative estimate of drug-likeness (QED) is 0.176. The van der Waals surface area contributed by atoms with Crippen LogP contribution in [0.1, 0.15) is 25.0 Å². The lowest BCUT2D eigenvalue weighted by molar-refractivity contribution is -0.140. The van der Waals surface area contributed by atoms with Gasteiger partial charge < -0.3 is 15.0 Å². The van der Waals surface area contributed by atoms with Crippen LogP contribution in [0.5, 0.6) is 5.75 Å². The molecule has 0 aliphatic carbocycles. The smallest absolute Gasteiger partial charge is 0.264 e.